The molecule has 1 amide bonds. The maximum Gasteiger partial charge on any atom is 0.261 e. The first-order valence-electron chi connectivity index (χ1n) is 10.7. The van der Waals surface area contributed by atoms with Crippen LogP contribution in [0.1, 0.15) is 46.3 Å². The van der Waals surface area contributed by atoms with Crippen molar-refractivity contribution in [1.29, 1.82) is 0 Å². The van der Waals surface area contributed by atoms with E-state index in [0.29, 0.717) is 18.4 Å². The number of thiophene rings is 1. The van der Waals surface area contributed by atoms with Crippen molar-refractivity contribution < 1.29 is 9.53 Å². The number of rotatable bonds is 5. The zero-order valence-electron chi connectivity index (χ0n) is 17.4. The minimum atomic E-state index is -0.0577. The summed E-state index contributed by atoms with van der Waals surface area (Å²) >= 11 is 1.52. The molecular formula is C23H29N3O2S. The normalized spacial score (nSPS) is 30.0. The highest BCUT2D eigenvalue weighted by atomic mass is 32.1. The Balaban J connectivity index is 1.31. The van der Waals surface area contributed by atoms with Gasteiger partial charge in [-0.2, -0.15) is 0 Å². The number of carbonyl (C=O) groups excluding carboxylic acids is 1. The quantitative estimate of drug-likeness (QED) is 0.814. The van der Waals surface area contributed by atoms with Crippen molar-refractivity contribution in [3.05, 3.63) is 45.3 Å². The van der Waals surface area contributed by atoms with Crippen molar-refractivity contribution in [2.45, 2.75) is 51.7 Å². The zero-order chi connectivity index (χ0) is 20.2. The topological polar surface area (TPSA) is 54.5 Å². The van der Waals surface area contributed by atoms with Gasteiger partial charge in [-0.05, 0) is 61.7 Å². The van der Waals surface area contributed by atoms with Crippen LogP contribution in [0.4, 0.5) is 5.82 Å². The zero-order valence-corrected chi connectivity index (χ0v) is 18.2. The number of nitrogens with zero attached hydrogens (tertiary/aromatic N) is 2. The van der Waals surface area contributed by atoms with Gasteiger partial charge in [0, 0.05) is 37.2 Å². The molecule has 3 fully saturated rings. The van der Waals surface area contributed by atoms with E-state index in [0.717, 1.165) is 48.6 Å². The Morgan fingerprint density at radius 1 is 1.34 bits per heavy atom. The number of hydrogen-bond donors (Lipinski definition) is 1. The fourth-order valence-electron chi connectivity index (χ4n) is 5.63. The molecule has 1 N–H and O–H groups in total. The van der Waals surface area contributed by atoms with Crippen molar-refractivity contribution in [3.63, 3.8) is 0 Å². The van der Waals surface area contributed by atoms with Gasteiger partial charge in [0.2, 0.25) is 0 Å². The molecule has 154 valence electrons. The van der Waals surface area contributed by atoms with Gasteiger partial charge in [0.05, 0.1) is 16.6 Å². The standard InChI is InChI=1S/C23H29N3O2S/c1-4-18-14(2)5-6-20(25-18)26-12-17-16(19-7-9-23(17,13-26)28-19)11-24-22(27)21-15(3)8-10-29-21/h5-6,8,10,16-17,19H,4,7,9,11-13H2,1-3H3,(H,24,27)/t16-,17+,19+,23+/m0/s1. The average Bonchev–Trinajstić information content (AvgIpc) is 3.46. The van der Waals surface area contributed by atoms with Gasteiger partial charge in [0.25, 0.3) is 5.91 Å². The van der Waals surface area contributed by atoms with Gasteiger partial charge in [-0.3, -0.25) is 4.79 Å². The van der Waals surface area contributed by atoms with E-state index in [1.54, 1.807) is 0 Å². The lowest BCUT2D eigenvalue weighted by Gasteiger charge is -2.29. The van der Waals surface area contributed by atoms with E-state index in [2.05, 4.69) is 36.2 Å². The first kappa shape index (κ1) is 19.1. The summed E-state index contributed by atoms with van der Waals surface area (Å²) in [6, 6.07) is 6.34. The fourth-order valence-corrected chi connectivity index (χ4v) is 6.47. The summed E-state index contributed by atoms with van der Waals surface area (Å²) in [6.45, 7) is 8.87. The smallest absolute Gasteiger partial charge is 0.261 e. The second kappa shape index (κ2) is 7.10. The molecule has 4 atom stereocenters. The van der Waals surface area contributed by atoms with Gasteiger partial charge in [-0.25, -0.2) is 4.98 Å². The Hall–Kier alpha value is -1.92. The number of nitrogens with one attached hydrogen (secondary N) is 1. The monoisotopic (exact) mass is 411 g/mol. The first-order chi connectivity index (χ1) is 14.0. The summed E-state index contributed by atoms with van der Waals surface area (Å²) in [4.78, 5) is 20.8. The molecular weight excluding hydrogens is 382 g/mol. The molecule has 29 heavy (non-hydrogen) atoms. The average molecular weight is 412 g/mol. The van der Waals surface area contributed by atoms with E-state index in [4.69, 9.17) is 9.72 Å². The number of ether oxygens (including phenoxy) is 1. The SMILES string of the molecule is CCc1nc(N2C[C@@H]3[C@H](CNC(=O)c4sccc4C)[C@H]4CC[C@]3(C2)O4)ccc1C. The third kappa shape index (κ3) is 3.08. The lowest BCUT2D eigenvalue weighted by molar-refractivity contribution is 0.0141. The van der Waals surface area contributed by atoms with E-state index >= 15 is 0 Å². The number of amides is 1. The van der Waals surface area contributed by atoms with Gasteiger partial charge < -0.3 is 15.0 Å². The summed E-state index contributed by atoms with van der Waals surface area (Å²) in [5.41, 5.74) is 3.43. The number of pyridine rings is 1. The van der Waals surface area contributed by atoms with Crippen LogP contribution in [0.5, 0.6) is 0 Å². The van der Waals surface area contributed by atoms with Crippen LogP contribution in [0, 0.1) is 25.7 Å². The van der Waals surface area contributed by atoms with Crippen LogP contribution in [0.25, 0.3) is 0 Å². The summed E-state index contributed by atoms with van der Waals surface area (Å²) in [6.07, 6.45) is 3.46. The van der Waals surface area contributed by atoms with Crippen LogP contribution < -0.4 is 10.2 Å². The third-order valence-electron chi connectivity index (χ3n) is 7.20. The van der Waals surface area contributed by atoms with Crippen molar-refractivity contribution in [3.8, 4) is 0 Å². The summed E-state index contributed by atoms with van der Waals surface area (Å²) < 4.78 is 6.56. The predicted molar refractivity (Wildman–Crippen MR) is 116 cm³/mol. The molecule has 5 nitrogen and oxygen atoms in total. The minimum absolute atomic E-state index is 0.0527. The summed E-state index contributed by atoms with van der Waals surface area (Å²) in [5, 5.41) is 5.18. The number of aryl methyl sites for hydroxylation is 3. The predicted octanol–water partition coefficient (Wildman–Crippen LogP) is 3.74. The van der Waals surface area contributed by atoms with Crippen LogP contribution in [0.2, 0.25) is 0 Å². The Kier molecular flexibility index (Phi) is 4.67. The van der Waals surface area contributed by atoms with Gasteiger partial charge in [-0.1, -0.05) is 13.0 Å². The third-order valence-corrected chi connectivity index (χ3v) is 8.21. The second-order valence-corrected chi connectivity index (χ2v) is 9.76. The van der Waals surface area contributed by atoms with Crippen LogP contribution in [-0.4, -0.2) is 42.2 Å². The number of hydrogen-bond acceptors (Lipinski definition) is 5. The van der Waals surface area contributed by atoms with Crippen molar-refractivity contribution in [2.24, 2.45) is 11.8 Å². The number of aromatic nitrogens is 1. The molecule has 0 aromatic carbocycles. The Bertz CT molecular complexity index is 942. The van der Waals surface area contributed by atoms with Gasteiger partial charge >= 0.3 is 0 Å². The molecule has 2 aromatic rings. The van der Waals surface area contributed by atoms with Crippen molar-refractivity contribution >= 4 is 23.1 Å². The molecule has 6 heteroatoms. The maximum atomic E-state index is 12.6. The van der Waals surface area contributed by atoms with Gasteiger partial charge in [-0.15, -0.1) is 11.3 Å². The van der Waals surface area contributed by atoms with Gasteiger partial charge in [0.1, 0.15) is 5.82 Å². The molecule has 0 aliphatic carbocycles. The number of carbonyl (C=O) groups is 1. The van der Waals surface area contributed by atoms with E-state index in [9.17, 15) is 4.79 Å². The van der Waals surface area contributed by atoms with Crippen LogP contribution in [0.15, 0.2) is 23.6 Å². The first-order valence-corrected chi connectivity index (χ1v) is 11.6. The van der Waals surface area contributed by atoms with E-state index < -0.39 is 0 Å². The van der Waals surface area contributed by atoms with Crippen molar-refractivity contribution in [1.82, 2.24) is 10.3 Å². The highest BCUT2D eigenvalue weighted by molar-refractivity contribution is 7.12. The summed E-state index contributed by atoms with van der Waals surface area (Å²) in [7, 11) is 0. The molecule has 0 radical (unpaired) electrons. The lowest BCUT2D eigenvalue weighted by atomic mass is 9.73. The number of fused-ring (bicyclic) bond motifs is 1. The van der Waals surface area contributed by atoms with Crippen molar-refractivity contribution in [2.75, 3.05) is 24.5 Å². The molecule has 1 spiro atoms. The van der Waals surface area contributed by atoms with Crippen LogP contribution in [0.3, 0.4) is 0 Å². The molecule has 3 aliphatic rings. The Labute approximate surface area is 176 Å². The fraction of sp³-hybridized carbons (Fsp3) is 0.565. The van der Waals surface area contributed by atoms with E-state index in [-0.39, 0.29) is 17.6 Å². The van der Waals surface area contributed by atoms with E-state index in [1.165, 1.54) is 22.6 Å². The molecule has 2 bridgehead atoms. The second-order valence-electron chi connectivity index (χ2n) is 8.84. The Morgan fingerprint density at radius 3 is 2.97 bits per heavy atom. The molecule has 0 saturated carbocycles. The molecule has 5 rings (SSSR count). The molecule has 3 aliphatic heterocycles. The lowest BCUT2D eigenvalue weighted by Crippen LogP contribution is -2.41. The van der Waals surface area contributed by atoms with E-state index in [1.807, 2.05) is 18.4 Å². The Morgan fingerprint density at radius 2 is 2.21 bits per heavy atom. The summed E-state index contributed by atoms with van der Waals surface area (Å²) in [5.74, 6) is 1.96. The highest BCUT2D eigenvalue weighted by Crippen LogP contribution is 2.55. The highest BCUT2D eigenvalue weighted by Gasteiger charge is 2.63. The number of anilines is 1. The van der Waals surface area contributed by atoms with Crippen LogP contribution in [-0.2, 0) is 11.2 Å². The van der Waals surface area contributed by atoms with Crippen LogP contribution >= 0.6 is 11.3 Å². The largest absolute Gasteiger partial charge is 0.369 e. The molecule has 0 unspecified atom stereocenters. The maximum absolute atomic E-state index is 12.6. The molecule has 3 saturated heterocycles. The van der Waals surface area contributed by atoms with Gasteiger partial charge in [0.15, 0.2) is 0 Å². The molecule has 5 heterocycles. The minimum Gasteiger partial charge on any atom is -0.369 e. The molecule has 2 aromatic heterocycles.